The molecule has 4 nitrogen and oxygen atoms in total. The summed E-state index contributed by atoms with van der Waals surface area (Å²) in [5.41, 5.74) is -1.64. The molecule has 1 aromatic carbocycles. The van der Waals surface area contributed by atoms with Gasteiger partial charge in [-0.1, -0.05) is 12.1 Å². The first-order chi connectivity index (χ1) is 12.7. The summed E-state index contributed by atoms with van der Waals surface area (Å²) in [6.07, 6.45) is -3.03. The van der Waals surface area contributed by atoms with Gasteiger partial charge < -0.3 is 9.47 Å². The van der Waals surface area contributed by atoms with Gasteiger partial charge in [0, 0.05) is 5.56 Å². The highest BCUT2D eigenvalue weighted by atomic mass is 19.4. The van der Waals surface area contributed by atoms with Crippen LogP contribution < -0.4 is 4.74 Å². The van der Waals surface area contributed by atoms with Crippen molar-refractivity contribution in [1.29, 1.82) is 0 Å². The van der Waals surface area contributed by atoms with E-state index in [1.54, 1.807) is 0 Å². The van der Waals surface area contributed by atoms with Crippen molar-refractivity contribution >= 4 is 5.97 Å². The maximum atomic E-state index is 13.9. The number of alkyl halides is 3. The van der Waals surface area contributed by atoms with Gasteiger partial charge >= 0.3 is 12.1 Å². The first-order valence-corrected chi connectivity index (χ1v) is 8.30. The summed E-state index contributed by atoms with van der Waals surface area (Å²) in [4.78, 5) is 16.1. The van der Waals surface area contributed by atoms with Gasteiger partial charge in [0.25, 0.3) is 0 Å². The number of rotatable bonds is 5. The fourth-order valence-corrected chi connectivity index (χ4v) is 2.53. The summed E-state index contributed by atoms with van der Waals surface area (Å²) in [5, 5.41) is 0. The Morgan fingerprint density at radius 2 is 1.96 bits per heavy atom. The molecule has 0 atom stereocenters. The molecule has 2 aromatic rings. The van der Waals surface area contributed by atoms with Crippen molar-refractivity contribution in [2.75, 3.05) is 13.7 Å². The largest absolute Gasteiger partial charge is 0.477 e. The zero-order chi connectivity index (χ0) is 19.8. The van der Waals surface area contributed by atoms with Crippen LogP contribution in [0.1, 0.15) is 34.3 Å². The third-order valence-electron chi connectivity index (χ3n) is 4.30. The van der Waals surface area contributed by atoms with Crippen molar-refractivity contribution in [2.24, 2.45) is 5.92 Å². The number of esters is 1. The molecule has 3 rings (SSSR count). The van der Waals surface area contributed by atoms with Gasteiger partial charge in [-0.3, -0.25) is 0 Å². The molecule has 0 spiro atoms. The van der Waals surface area contributed by atoms with Gasteiger partial charge in [-0.25, -0.2) is 14.2 Å². The predicted octanol–water partition coefficient (Wildman–Crippen LogP) is 4.79. The minimum atomic E-state index is -4.85. The molecule has 8 heteroatoms. The Morgan fingerprint density at radius 3 is 2.52 bits per heavy atom. The fourth-order valence-electron chi connectivity index (χ4n) is 2.53. The Bertz CT molecular complexity index is 876. The molecule has 1 aliphatic carbocycles. The van der Waals surface area contributed by atoms with Crippen LogP contribution in [0.15, 0.2) is 24.3 Å². The van der Waals surface area contributed by atoms with E-state index >= 15 is 0 Å². The van der Waals surface area contributed by atoms with Gasteiger partial charge in [0.1, 0.15) is 11.4 Å². The fraction of sp³-hybridized carbons (Fsp3) is 0.368. The number of aromatic nitrogens is 1. The highest BCUT2D eigenvalue weighted by Crippen LogP contribution is 2.39. The van der Waals surface area contributed by atoms with Crippen molar-refractivity contribution in [2.45, 2.75) is 25.9 Å². The van der Waals surface area contributed by atoms with Crippen LogP contribution >= 0.6 is 0 Å². The molecule has 1 saturated carbocycles. The van der Waals surface area contributed by atoms with E-state index in [9.17, 15) is 22.4 Å². The lowest BCUT2D eigenvalue weighted by Crippen LogP contribution is -2.18. The van der Waals surface area contributed by atoms with E-state index in [1.807, 2.05) is 0 Å². The van der Waals surface area contributed by atoms with Crippen LogP contribution in [-0.4, -0.2) is 24.7 Å². The van der Waals surface area contributed by atoms with Crippen LogP contribution in [0.4, 0.5) is 17.6 Å². The number of methoxy groups -OCH3 is 1. The number of pyridine rings is 1. The van der Waals surface area contributed by atoms with Crippen LogP contribution in [0.25, 0.3) is 11.3 Å². The van der Waals surface area contributed by atoms with Crippen LogP contribution in [0.2, 0.25) is 0 Å². The summed E-state index contributed by atoms with van der Waals surface area (Å²) in [6, 6.07) is 4.71. The Hall–Kier alpha value is -2.64. The zero-order valence-electron chi connectivity index (χ0n) is 14.7. The lowest BCUT2D eigenvalue weighted by atomic mass is 10.0. The first-order valence-electron chi connectivity index (χ1n) is 8.30. The minimum absolute atomic E-state index is 0.139. The van der Waals surface area contributed by atoms with Crippen LogP contribution in [0.3, 0.4) is 0 Å². The molecule has 0 radical (unpaired) electrons. The van der Waals surface area contributed by atoms with Crippen LogP contribution in [0.5, 0.6) is 5.88 Å². The summed E-state index contributed by atoms with van der Waals surface area (Å²) in [7, 11) is 0.983. The lowest BCUT2D eigenvalue weighted by molar-refractivity contribution is -0.138. The topological polar surface area (TPSA) is 48.4 Å². The minimum Gasteiger partial charge on any atom is -0.477 e. The Morgan fingerprint density at radius 1 is 1.26 bits per heavy atom. The zero-order valence-corrected chi connectivity index (χ0v) is 14.7. The molecule has 0 saturated heterocycles. The maximum Gasteiger partial charge on any atom is 0.417 e. The van der Waals surface area contributed by atoms with E-state index in [0.29, 0.717) is 11.6 Å². The Balaban J connectivity index is 2.17. The molecule has 1 heterocycles. The van der Waals surface area contributed by atoms with Crippen molar-refractivity contribution in [3.8, 4) is 17.1 Å². The highest BCUT2D eigenvalue weighted by molar-refractivity contribution is 5.94. The summed E-state index contributed by atoms with van der Waals surface area (Å²) in [6.45, 7) is 1.69. The second-order valence-electron chi connectivity index (χ2n) is 6.44. The average Bonchev–Trinajstić information content (AvgIpc) is 3.44. The first kappa shape index (κ1) is 19.1. The summed E-state index contributed by atoms with van der Waals surface area (Å²) in [5.74, 6) is -1.99. The maximum absolute atomic E-state index is 13.9. The van der Waals surface area contributed by atoms with Crippen molar-refractivity contribution < 1.29 is 31.8 Å². The van der Waals surface area contributed by atoms with E-state index in [2.05, 4.69) is 9.72 Å². The van der Waals surface area contributed by atoms with Crippen LogP contribution in [0, 0.1) is 18.7 Å². The highest BCUT2D eigenvalue weighted by Gasteiger charge is 2.39. The summed E-state index contributed by atoms with van der Waals surface area (Å²) < 4.78 is 64.6. The number of ether oxygens (including phenoxy) is 2. The number of carbonyl (C=O) groups is 1. The standard InChI is InChI=1S/C19H17F4NO3/c1-10-3-6-12(7-14(10)20)15-8-13(19(21,22)23)16(18(25)26-2)17(24-15)27-9-11-4-5-11/h3,6-8,11H,4-5,9H2,1-2H3. The molecule has 144 valence electrons. The van der Waals surface area contributed by atoms with Gasteiger partial charge in [-0.05, 0) is 43.4 Å². The quantitative estimate of drug-likeness (QED) is 0.550. The van der Waals surface area contributed by atoms with Gasteiger partial charge in [0.05, 0.1) is 25.0 Å². The van der Waals surface area contributed by atoms with E-state index in [4.69, 9.17) is 4.74 Å². The van der Waals surface area contributed by atoms with Gasteiger partial charge in [0.2, 0.25) is 5.88 Å². The number of aryl methyl sites for hydroxylation is 1. The molecule has 0 bridgehead atoms. The third-order valence-corrected chi connectivity index (χ3v) is 4.30. The van der Waals surface area contributed by atoms with Crippen LogP contribution in [-0.2, 0) is 10.9 Å². The van der Waals surface area contributed by atoms with Gasteiger partial charge in [0.15, 0.2) is 0 Å². The monoisotopic (exact) mass is 383 g/mol. The molecule has 0 amide bonds. The number of halogens is 4. The SMILES string of the molecule is COC(=O)c1c(C(F)(F)F)cc(-c2ccc(C)c(F)c2)nc1OCC1CC1. The molecule has 0 N–H and O–H groups in total. The number of benzene rings is 1. The molecule has 0 aliphatic heterocycles. The Kier molecular flexibility index (Phi) is 5.08. The van der Waals surface area contributed by atoms with E-state index < -0.39 is 35.0 Å². The molecule has 1 fully saturated rings. The van der Waals surface area contributed by atoms with Gasteiger partial charge in [-0.15, -0.1) is 0 Å². The second-order valence-corrected chi connectivity index (χ2v) is 6.44. The molecular weight excluding hydrogens is 366 g/mol. The molecule has 0 unspecified atom stereocenters. The second kappa shape index (κ2) is 7.17. The Labute approximate surface area is 153 Å². The molecule has 1 aromatic heterocycles. The van der Waals surface area contributed by atoms with E-state index in [-0.39, 0.29) is 23.8 Å². The van der Waals surface area contributed by atoms with E-state index in [1.165, 1.54) is 19.1 Å². The smallest absolute Gasteiger partial charge is 0.417 e. The lowest BCUT2D eigenvalue weighted by Gasteiger charge is -2.17. The van der Waals surface area contributed by atoms with Crippen molar-refractivity contribution in [3.63, 3.8) is 0 Å². The number of hydrogen-bond acceptors (Lipinski definition) is 4. The average molecular weight is 383 g/mol. The number of hydrogen-bond donors (Lipinski definition) is 0. The number of carbonyl (C=O) groups excluding carboxylic acids is 1. The molecule has 1 aliphatic rings. The molecule has 27 heavy (non-hydrogen) atoms. The summed E-state index contributed by atoms with van der Waals surface area (Å²) >= 11 is 0. The number of nitrogens with zero attached hydrogens (tertiary/aromatic N) is 1. The van der Waals surface area contributed by atoms with E-state index in [0.717, 1.165) is 26.0 Å². The molecular formula is C19H17F4NO3. The van der Waals surface area contributed by atoms with Crippen molar-refractivity contribution in [1.82, 2.24) is 4.98 Å². The third kappa shape index (κ3) is 4.20. The van der Waals surface area contributed by atoms with Crippen molar-refractivity contribution in [3.05, 3.63) is 46.8 Å². The predicted molar refractivity (Wildman–Crippen MR) is 88.9 cm³/mol. The van der Waals surface area contributed by atoms with Gasteiger partial charge in [-0.2, -0.15) is 13.2 Å². The normalized spacial score (nSPS) is 14.1.